The average molecular weight is 456 g/mol. The van der Waals surface area contributed by atoms with Gasteiger partial charge in [-0.3, -0.25) is 10.1 Å². The molecule has 0 saturated heterocycles. The lowest BCUT2D eigenvalue weighted by atomic mass is 10.2. The molecule has 0 aliphatic rings. The van der Waals surface area contributed by atoms with Crippen molar-refractivity contribution in [2.24, 2.45) is 0 Å². The maximum Gasteiger partial charge on any atom is 0.283 e. The number of rotatable bonds is 4. The van der Waals surface area contributed by atoms with Crippen LogP contribution < -0.4 is 4.74 Å². The molecule has 0 aromatic heterocycles. The first-order valence-corrected chi connectivity index (χ1v) is 7.93. The molecular weight excluding hydrogens is 449 g/mol. The Balaban J connectivity index is 2.19. The van der Waals surface area contributed by atoms with Crippen LogP contribution >= 0.6 is 55.1 Å². The summed E-state index contributed by atoms with van der Waals surface area (Å²) < 4.78 is 6.64. The number of benzene rings is 2. The third-order valence-electron chi connectivity index (χ3n) is 2.58. The van der Waals surface area contributed by atoms with Crippen LogP contribution in [0.1, 0.15) is 5.56 Å². The zero-order valence-electron chi connectivity index (χ0n) is 10.3. The molecule has 0 N–H and O–H groups in total. The van der Waals surface area contributed by atoms with Gasteiger partial charge in [-0.05, 0) is 49.6 Å². The molecule has 2 rings (SSSR count). The second-order valence-corrected chi connectivity index (χ2v) is 6.55. The summed E-state index contributed by atoms with van der Waals surface area (Å²) in [4.78, 5) is 10.4. The van der Waals surface area contributed by atoms with Crippen LogP contribution in [-0.4, -0.2) is 4.92 Å². The molecule has 4 nitrogen and oxygen atoms in total. The van der Waals surface area contributed by atoms with E-state index < -0.39 is 4.92 Å². The molecule has 0 unspecified atom stereocenters. The number of ether oxygens (including phenoxy) is 1. The van der Waals surface area contributed by atoms with Crippen LogP contribution in [-0.2, 0) is 6.61 Å². The van der Waals surface area contributed by atoms with Gasteiger partial charge >= 0.3 is 0 Å². The summed E-state index contributed by atoms with van der Waals surface area (Å²) in [6.45, 7) is 0.145. The average Bonchev–Trinajstić information content (AvgIpc) is 2.42. The predicted molar refractivity (Wildman–Crippen MR) is 89.3 cm³/mol. The number of nitro benzene ring substituents is 1. The fraction of sp³-hybridized carbons (Fsp3) is 0.0769. The lowest BCUT2D eigenvalue weighted by Crippen LogP contribution is -1.98. The molecule has 0 amide bonds. The van der Waals surface area contributed by atoms with Crippen molar-refractivity contribution < 1.29 is 9.66 Å². The van der Waals surface area contributed by atoms with Crippen LogP contribution in [0.3, 0.4) is 0 Å². The van der Waals surface area contributed by atoms with Gasteiger partial charge in [-0.2, -0.15) is 0 Å². The first-order chi connectivity index (χ1) is 9.88. The van der Waals surface area contributed by atoms with Gasteiger partial charge in [0.15, 0.2) is 0 Å². The molecule has 0 bridgehead atoms. The highest BCUT2D eigenvalue weighted by molar-refractivity contribution is 9.11. The molecule has 0 saturated carbocycles. The van der Waals surface area contributed by atoms with E-state index in [0.29, 0.717) is 30.3 Å². The summed E-state index contributed by atoms with van der Waals surface area (Å²) in [5.41, 5.74) is 0.635. The van der Waals surface area contributed by atoms with Gasteiger partial charge in [0, 0.05) is 16.6 Å². The van der Waals surface area contributed by atoms with Crippen LogP contribution in [0, 0.1) is 10.1 Å². The van der Waals surface area contributed by atoms with E-state index in [9.17, 15) is 10.1 Å². The van der Waals surface area contributed by atoms with Gasteiger partial charge in [0.05, 0.1) is 19.4 Å². The third kappa shape index (κ3) is 4.10. The zero-order chi connectivity index (χ0) is 15.6. The van der Waals surface area contributed by atoms with E-state index in [-0.39, 0.29) is 12.3 Å². The molecule has 0 heterocycles. The van der Waals surface area contributed by atoms with Crippen LogP contribution in [0.25, 0.3) is 0 Å². The number of hydrogen-bond acceptors (Lipinski definition) is 3. The third-order valence-corrected chi connectivity index (χ3v) is 4.74. The van der Waals surface area contributed by atoms with Gasteiger partial charge in [0.2, 0.25) is 0 Å². The maximum atomic E-state index is 10.9. The summed E-state index contributed by atoms with van der Waals surface area (Å²) >= 11 is 18.4. The minimum atomic E-state index is -0.461. The molecule has 0 spiro atoms. The van der Waals surface area contributed by atoms with E-state index in [1.165, 1.54) is 6.07 Å². The van der Waals surface area contributed by atoms with Gasteiger partial charge in [-0.1, -0.05) is 29.3 Å². The minimum Gasteiger partial charge on any atom is -0.487 e. The fourth-order valence-corrected chi connectivity index (χ4v) is 2.80. The van der Waals surface area contributed by atoms with E-state index in [0.717, 1.165) is 0 Å². The standard InChI is InChI=1S/C13H7Br2Cl2NO3/c14-8-2-1-7(3-12(8)18(19)20)6-21-13-5-10(16)9(15)4-11(13)17/h1-5H,6H2. The summed E-state index contributed by atoms with van der Waals surface area (Å²) in [5.74, 6) is 0.412. The highest BCUT2D eigenvalue weighted by atomic mass is 79.9. The molecule has 21 heavy (non-hydrogen) atoms. The Morgan fingerprint density at radius 3 is 2.48 bits per heavy atom. The fourth-order valence-electron chi connectivity index (χ4n) is 1.56. The maximum absolute atomic E-state index is 10.9. The Bertz CT molecular complexity index is 710. The SMILES string of the molecule is O=[N+]([O-])c1cc(COc2cc(Cl)c(Br)cc2Cl)ccc1Br. The zero-order valence-corrected chi connectivity index (χ0v) is 15.0. The molecular formula is C13H7Br2Cl2NO3. The van der Waals surface area contributed by atoms with E-state index in [4.69, 9.17) is 27.9 Å². The van der Waals surface area contributed by atoms with E-state index >= 15 is 0 Å². The quantitative estimate of drug-likeness (QED) is 0.322. The topological polar surface area (TPSA) is 52.4 Å². The Morgan fingerprint density at radius 1 is 1.10 bits per heavy atom. The van der Waals surface area contributed by atoms with Crippen LogP contribution in [0.15, 0.2) is 39.3 Å². The number of hydrogen-bond donors (Lipinski definition) is 0. The van der Waals surface area contributed by atoms with Crippen LogP contribution in [0.5, 0.6) is 5.75 Å². The van der Waals surface area contributed by atoms with Crippen molar-refractivity contribution in [1.29, 1.82) is 0 Å². The van der Waals surface area contributed by atoms with Gasteiger partial charge in [-0.15, -0.1) is 0 Å². The van der Waals surface area contributed by atoms with Crippen molar-refractivity contribution in [3.63, 3.8) is 0 Å². The Kier molecular flexibility index (Phi) is 5.48. The van der Waals surface area contributed by atoms with Gasteiger partial charge in [0.25, 0.3) is 5.69 Å². The van der Waals surface area contributed by atoms with Crippen molar-refractivity contribution in [3.8, 4) is 5.75 Å². The second-order valence-electron chi connectivity index (χ2n) is 4.03. The van der Waals surface area contributed by atoms with Crippen LogP contribution in [0.4, 0.5) is 5.69 Å². The molecule has 2 aromatic rings. The van der Waals surface area contributed by atoms with Crippen molar-refractivity contribution in [3.05, 3.63) is 65.0 Å². The largest absolute Gasteiger partial charge is 0.487 e. The van der Waals surface area contributed by atoms with E-state index in [2.05, 4.69) is 31.9 Å². The minimum absolute atomic E-state index is 0.0176. The number of nitrogens with zero attached hydrogens (tertiary/aromatic N) is 1. The first kappa shape index (κ1) is 16.5. The van der Waals surface area contributed by atoms with Gasteiger partial charge in [0.1, 0.15) is 12.4 Å². The molecule has 8 heteroatoms. The van der Waals surface area contributed by atoms with Crippen molar-refractivity contribution in [2.45, 2.75) is 6.61 Å². The molecule has 0 radical (unpaired) electrons. The Morgan fingerprint density at radius 2 is 1.81 bits per heavy atom. The Hall–Kier alpha value is -0.820. The number of nitro groups is 1. The molecule has 0 atom stereocenters. The highest BCUT2D eigenvalue weighted by Crippen LogP contribution is 2.34. The molecule has 2 aromatic carbocycles. The van der Waals surface area contributed by atoms with Gasteiger partial charge < -0.3 is 4.74 Å². The monoisotopic (exact) mass is 453 g/mol. The summed E-state index contributed by atoms with van der Waals surface area (Å²) in [7, 11) is 0. The lowest BCUT2D eigenvalue weighted by molar-refractivity contribution is -0.385. The van der Waals surface area contributed by atoms with Crippen molar-refractivity contribution in [1.82, 2.24) is 0 Å². The molecule has 110 valence electrons. The van der Waals surface area contributed by atoms with Crippen molar-refractivity contribution >= 4 is 60.7 Å². The van der Waals surface area contributed by atoms with Crippen LogP contribution in [0.2, 0.25) is 10.0 Å². The summed E-state index contributed by atoms with van der Waals surface area (Å²) in [5, 5.41) is 11.7. The second kappa shape index (κ2) is 6.96. The Labute approximate surface area is 147 Å². The molecule has 0 aliphatic carbocycles. The summed E-state index contributed by atoms with van der Waals surface area (Å²) in [6.07, 6.45) is 0. The van der Waals surface area contributed by atoms with Gasteiger partial charge in [-0.25, -0.2) is 0 Å². The van der Waals surface area contributed by atoms with Crippen molar-refractivity contribution in [2.75, 3.05) is 0 Å². The van der Waals surface area contributed by atoms with E-state index in [1.54, 1.807) is 24.3 Å². The number of halogens is 4. The first-order valence-electron chi connectivity index (χ1n) is 5.58. The normalized spacial score (nSPS) is 10.5. The summed E-state index contributed by atoms with van der Waals surface area (Å²) in [6, 6.07) is 7.99. The predicted octanol–water partition coefficient (Wildman–Crippen LogP) is 6.01. The van der Waals surface area contributed by atoms with E-state index in [1.807, 2.05) is 0 Å². The highest BCUT2D eigenvalue weighted by Gasteiger charge is 2.13. The lowest BCUT2D eigenvalue weighted by Gasteiger charge is -2.09. The molecule has 0 aliphatic heterocycles. The smallest absolute Gasteiger partial charge is 0.283 e. The molecule has 0 fully saturated rings.